The third-order valence-electron chi connectivity index (χ3n) is 6.61. The molecule has 8 heteroatoms. The molecule has 1 aliphatic heterocycles. The highest BCUT2D eigenvalue weighted by atomic mass is 32.1. The van der Waals surface area contributed by atoms with Gasteiger partial charge in [-0.15, -0.1) is 22.7 Å². The number of ketones is 1. The summed E-state index contributed by atoms with van der Waals surface area (Å²) >= 11 is 3.01. The van der Waals surface area contributed by atoms with Gasteiger partial charge in [0.1, 0.15) is 6.04 Å². The van der Waals surface area contributed by atoms with Crippen LogP contribution in [0.4, 0.5) is 4.79 Å². The first kappa shape index (κ1) is 24.2. The Hall–Kier alpha value is -2.97. The highest BCUT2D eigenvalue weighted by Gasteiger charge is 2.58. The number of nitrogens with one attached hydrogen (secondary N) is 1. The zero-order valence-electron chi connectivity index (χ0n) is 19.7. The van der Waals surface area contributed by atoms with E-state index < -0.39 is 29.8 Å². The maximum atomic E-state index is 14.3. The Bertz CT molecular complexity index is 1230. The number of carbonyl (C=O) groups excluding carboxylic acids is 3. The van der Waals surface area contributed by atoms with Crippen molar-refractivity contribution in [1.82, 2.24) is 10.2 Å². The summed E-state index contributed by atoms with van der Waals surface area (Å²) in [5.41, 5.74) is 9.43. The Morgan fingerprint density at radius 3 is 2.09 bits per heavy atom. The van der Waals surface area contributed by atoms with Gasteiger partial charge in [0.15, 0.2) is 5.78 Å². The third kappa shape index (κ3) is 4.05. The first-order valence-electron chi connectivity index (χ1n) is 11.3. The zero-order valence-corrected chi connectivity index (χ0v) is 21.3. The molecule has 3 heterocycles. The van der Waals surface area contributed by atoms with E-state index in [1.54, 1.807) is 0 Å². The van der Waals surface area contributed by atoms with Gasteiger partial charge in [-0.2, -0.15) is 0 Å². The first-order valence-corrected chi connectivity index (χ1v) is 13.1. The van der Waals surface area contributed by atoms with E-state index in [0.29, 0.717) is 12.1 Å². The minimum absolute atomic E-state index is 0.0771. The Morgan fingerprint density at radius 1 is 0.941 bits per heavy atom. The van der Waals surface area contributed by atoms with E-state index >= 15 is 0 Å². The second kappa shape index (κ2) is 9.72. The lowest BCUT2D eigenvalue weighted by Crippen LogP contribution is -2.50. The minimum atomic E-state index is -0.951. The number of aryl methyl sites for hydroxylation is 3. The Kier molecular flexibility index (Phi) is 6.91. The quantitative estimate of drug-likeness (QED) is 0.474. The number of urea groups is 1. The van der Waals surface area contributed by atoms with Crippen LogP contribution < -0.4 is 11.1 Å². The van der Waals surface area contributed by atoms with E-state index in [1.165, 1.54) is 27.6 Å². The molecule has 3 aromatic rings. The molecule has 3 amide bonds. The molecule has 3 N–H and O–H groups in total. The molecule has 1 aliphatic rings. The van der Waals surface area contributed by atoms with Crippen LogP contribution in [0, 0.1) is 26.7 Å². The van der Waals surface area contributed by atoms with Crippen molar-refractivity contribution in [3.8, 4) is 0 Å². The molecule has 0 aliphatic carbocycles. The third-order valence-corrected chi connectivity index (χ3v) is 8.82. The van der Waals surface area contributed by atoms with Crippen LogP contribution in [-0.4, -0.2) is 35.2 Å². The normalized spacial score (nSPS) is 22.1. The lowest BCUT2D eigenvalue weighted by atomic mass is 9.78. The number of Topliss-reactive ketones (excluding diaryl/α,β-unsaturated/α-hetero) is 1. The number of hydrogen-bond acceptors (Lipinski definition) is 5. The molecule has 1 aromatic carbocycles. The number of likely N-dealkylation sites (tertiary alicyclic amines) is 1. The molecule has 178 valence electrons. The van der Waals surface area contributed by atoms with Gasteiger partial charge in [0.05, 0.1) is 12.0 Å². The summed E-state index contributed by atoms with van der Waals surface area (Å²) < 4.78 is 0. The van der Waals surface area contributed by atoms with Crippen molar-refractivity contribution in [3.63, 3.8) is 0 Å². The summed E-state index contributed by atoms with van der Waals surface area (Å²) in [5, 5.41) is 6.76. The summed E-state index contributed by atoms with van der Waals surface area (Å²) in [6.45, 7) is 8.08. The van der Waals surface area contributed by atoms with E-state index in [0.717, 1.165) is 26.4 Å². The molecule has 0 radical (unpaired) electrons. The molecule has 4 atom stereocenters. The first-order chi connectivity index (χ1) is 16.3. The molecule has 0 saturated carbocycles. The van der Waals surface area contributed by atoms with Crippen molar-refractivity contribution in [2.75, 3.05) is 6.54 Å². The molecule has 4 unspecified atom stereocenters. The Balaban J connectivity index is 2.00. The largest absolute Gasteiger partial charge is 0.368 e. The number of carbonyl (C=O) groups is 3. The number of amides is 3. The fourth-order valence-electron chi connectivity index (χ4n) is 5.07. The molecule has 6 nitrogen and oxygen atoms in total. The number of nitrogens with zero attached hydrogens (tertiary/aromatic N) is 1. The van der Waals surface area contributed by atoms with Crippen molar-refractivity contribution in [2.45, 2.75) is 45.7 Å². The van der Waals surface area contributed by atoms with Crippen molar-refractivity contribution < 1.29 is 14.4 Å². The summed E-state index contributed by atoms with van der Waals surface area (Å²) in [4.78, 5) is 44.1. The van der Waals surface area contributed by atoms with Crippen LogP contribution in [0.5, 0.6) is 0 Å². The molecular formula is C26H29N3O3S2. The molecule has 0 spiro atoms. The standard InChI is InChI=1S/C26H29N3O3S2/c1-5-28-26(32)29-20(24-16(4)11-13-34-24)18(22(30)17-9-7-6-8-14(17)2)19(21(29)25(27)31)23-15(3)10-12-33-23/h6-13,18-21H,5H2,1-4H3,(H2,27,31)(H,28,32). The van der Waals surface area contributed by atoms with Crippen molar-refractivity contribution in [2.24, 2.45) is 11.7 Å². The van der Waals surface area contributed by atoms with Crippen LogP contribution in [0.1, 0.15) is 55.7 Å². The average Bonchev–Trinajstić information content (AvgIpc) is 3.49. The predicted octanol–water partition coefficient (Wildman–Crippen LogP) is 4.96. The average molecular weight is 496 g/mol. The molecule has 34 heavy (non-hydrogen) atoms. The number of nitrogens with two attached hydrogens (primary N) is 1. The fourth-order valence-corrected chi connectivity index (χ4v) is 7.24. The molecule has 2 aromatic heterocycles. The van der Waals surface area contributed by atoms with Gasteiger partial charge in [-0.25, -0.2) is 4.79 Å². The van der Waals surface area contributed by atoms with Gasteiger partial charge >= 0.3 is 6.03 Å². The monoisotopic (exact) mass is 495 g/mol. The summed E-state index contributed by atoms with van der Waals surface area (Å²) in [6, 6.07) is 9.49. The van der Waals surface area contributed by atoms with Gasteiger partial charge in [0, 0.05) is 27.8 Å². The number of rotatable bonds is 6. The molecular weight excluding hydrogens is 466 g/mol. The van der Waals surface area contributed by atoms with E-state index in [-0.39, 0.29) is 11.8 Å². The van der Waals surface area contributed by atoms with Crippen molar-refractivity contribution >= 4 is 40.4 Å². The minimum Gasteiger partial charge on any atom is -0.368 e. The van der Waals surface area contributed by atoms with Gasteiger partial charge in [-0.05, 0) is 67.3 Å². The summed E-state index contributed by atoms with van der Waals surface area (Å²) in [7, 11) is 0. The van der Waals surface area contributed by atoms with E-state index in [2.05, 4.69) is 5.32 Å². The van der Waals surface area contributed by atoms with Crippen molar-refractivity contribution in [1.29, 1.82) is 0 Å². The number of primary amides is 1. The second-order valence-electron chi connectivity index (χ2n) is 8.70. The van der Waals surface area contributed by atoms with Crippen LogP contribution in [0.15, 0.2) is 47.2 Å². The van der Waals surface area contributed by atoms with E-state index in [4.69, 9.17) is 5.73 Å². The van der Waals surface area contributed by atoms with Gasteiger partial charge in [0.2, 0.25) is 5.91 Å². The molecule has 1 fully saturated rings. The smallest absolute Gasteiger partial charge is 0.318 e. The molecule has 0 bridgehead atoms. The number of hydrogen-bond donors (Lipinski definition) is 2. The van der Waals surface area contributed by atoms with E-state index in [9.17, 15) is 14.4 Å². The Morgan fingerprint density at radius 2 is 1.56 bits per heavy atom. The van der Waals surface area contributed by atoms with Crippen LogP contribution in [0.2, 0.25) is 0 Å². The SMILES string of the molecule is CCNC(=O)N1C(C(N)=O)C(c2sccc2C)C(C(=O)c2ccccc2C)C1c1sccc1C. The molecule has 1 saturated heterocycles. The van der Waals surface area contributed by atoms with Crippen LogP contribution in [0.25, 0.3) is 0 Å². The van der Waals surface area contributed by atoms with Gasteiger partial charge in [-0.1, -0.05) is 24.3 Å². The lowest BCUT2D eigenvalue weighted by molar-refractivity contribution is -0.122. The van der Waals surface area contributed by atoms with Crippen LogP contribution >= 0.6 is 22.7 Å². The Labute approximate surface area is 207 Å². The predicted molar refractivity (Wildman–Crippen MR) is 136 cm³/mol. The molecule has 4 rings (SSSR count). The highest BCUT2D eigenvalue weighted by molar-refractivity contribution is 7.10. The van der Waals surface area contributed by atoms with E-state index in [1.807, 2.05) is 74.9 Å². The van der Waals surface area contributed by atoms with Crippen LogP contribution in [0.3, 0.4) is 0 Å². The number of benzene rings is 1. The maximum absolute atomic E-state index is 14.3. The fraction of sp³-hybridized carbons (Fsp3) is 0.346. The van der Waals surface area contributed by atoms with Gasteiger partial charge < -0.3 is 16.0 Å². The van der Waals surface area contributed by atoms with Gasteiger partial charge in [-0.3, -0.25) is 9.59 Å². The summed E-state index contributed by atoms with van der Waals surface area (Å²) in [5.74, 6) is -1.88. The number of thiophene rings is 2. The van der Waals surface area contributed by atoms with Crippen LogP contribution in [-0.2, 0) is 4.79 Å². The second-order valence-corrected chi connectivity index (χ2v) is 10.6. The highest BCUT2D eigenvalue weighted by Crippen LogP contribution is 2.54. The topological polar surface area (TPSA) is 92.5 Å². The lowest BCUT2D eigenvalue weighted by Gasteiger charge is -2.30. The zero-order chi connectivity index (χ0) is 24.6. The maximum Gasteiger partial charge on any atom is 0.318 e. The summed E-state index contributed by atoms with van der Waals surface area (Å²) in [6.07, 6.45) is 0. The van der Waals surface area contributed by atoms with Crippen molar-refractivity contribution in [3.05, 3.63) is 79.2 Å². The van der Waals surface area contributed by atoms with Gasteiger partial charge in [0.25, 0.3) is 0 Å².